The SMILES string of the molecule is CC(C)C(C(=O)NC1CCCCC1)N1CC2=CCC(C)(C)C2=CC1=O. The Hall–Kier alpha value is -1.58. The largest absolute Gasteiger partial charge is 0.352 e. The summed E-state index contributed by atoms with van der Waals surface area (Å²) in [5, 5.41) is 3.22. The highest BCUT2D eigenvalue weighted by Crippen LogP contribution is 2.44. The van der Waals surface area contributed by atoms with Gasteiger partial charge in [-0.1, -0.05) is 53.0 Å². The Balaban J connectivity index is 1.77. The van der Waals surface area contributed by atoms with E-state index in [1.807, 2.05) is 13.8 Å². The monoisotopic (exact) mass is 344 g/mol. The van der Waals surface area contributed by atoms with E-state index in [2.05, 4.69) is 25.2 Å². The van der Waals surface area contributed by atoms with E-state index < -0.39 is 6.04 Å². The van der Waals surface area contributed by atoms with E-state index in [1.165, 1.54) is 24.8 Å². The van der Waals surface area contributed by atoms with Crippen LogP contribution in [0.4, 0.5) is 0 Å². The summed E-state index contributed by atoms with van der Waals surface area (Å²) in [6, 6.07) is -0.116. The molecule has 1 atom stereocenters. The quantitative estimate of drug-likeness (QED) is 0.847. The normalized spacial score (nSPS) is 24.7. The minimum atomic E-state index is -0.392. The van der Waals surface area contributed by atoms with Gasteiger partial charge < -0.3 is 10.2 Å². The van der Waals surface area contributed by atoms with Crippen LogP contribution in [0.5, 0.6) is 0 Å². The van der Waals surface area contributed by atoms with Crippen LogP contribution in [0.25, 0.3) is 0 Å². The molecule has 0 aromatic rings. The molecule has 1 heterocycles. The van der Waals surface area contributed by atoms with Crippen molar-refractivity contribution in [1.82, 2.24) is 10.2 Å². The van der Waals surface area contributed by atoms with E-state index >= 15 is 0 Å². The van der Waals surface area contributed by atoms with Crippen LogP contribution in [-0.2, 0) is 9.59 Å². The van der Waals surface area contributed by atoms with Crippen LogP contribution in [0, 0.1) is 11.3 Å². The zero-order valence-electron chi connectivity index (χ0n) is 16.1. The topological polar surface area (TPSA) is 49.4 Å². The van der Waals surface area contributed by atoms with Crippen molar-refractivity contribution in [2.75, 3.05) is 6.54 Å². The van der Waals surface area contributed by atoms with Gasteiger partial charge in [0.25, 0.3) is 0 Å². The van der Waals surface area contributed by atoms with Gasteiger partial charge in [-0.05, 0) is 41.7 Å². The van der Waals surface area contributed by atoms with Crippen molar-refractivity contribution in [2.24, 2.45) is 11.3 Å². The van der Waals surface area contributed by atoms with Gasteiger partial charge in [0.1, 0.15) is 6.04 Å². The molecule has 0 bridgehead atoms. The van der Waals surface area contributed by atoms with Crippen LogP contribution in [0.2, 0.25) is 0 Å². The zero-order valence-corrected chi connectivity index (χ0v) is 16.1. The van der Waals surface area contributed by atoms with Gasteiger partial charge in [0.05, 0.1) is 0 Å². The summed E-state index contributed by atoms with van der Waals surface area (Å²) in [6.45, 7) is 8.99. The van der Waals surface area contributed by atoms with Crippen LogP contribution in [0.15, 0.2) is 23.3 Å². The molecule has 0 saturated heterocycles. The number of carbonyl (C=O) groups is 2. The molecule has 25 heavy (non-hydrogen) atoms. The minimum Gasteiger partial charge on any atom is -0.352 e. The van der Waals surface area contributed by atoms with Crippen molar-refractivity contribution in [2.45, 2.75) is 78.3 Å². The molecule has 1 N–H and O–H groups in total. The molecule has 0 aromatic heterocycles. The van der Waals surface area contributed by atoms with Gasteiger partial charge in [-0.15, -0.1) is 0 Å². The van der Waals surface area contributed by atoms with Crippen molar-refractivity contribution in [3.63, 3.8) is 0 Å². The number of hydrogen-bond acceptors (Lipinski definition) is 2. The van der Waals surface area contributed by atoms with E-state index in [0.717, 1.165) is 24.8 Å². The highest BCUT2D eigenvalue weighted by Gasteiger charge is 2.40. The number of amides is 2. The Bertz CT molecular complexity index is 609. The van der Waals surface area contributed by atoms with Gasteiger partial charge in [-0.3, -0.25) is 9.59 Å². The molecule has 1 unspecified atom stereocenters. The highest BCUT2D eigenvalue weighted by atomic mass is 16.2. The van der Waals surface area contributed by atoms with Gasteiger partial charge in [-0.25, -0.2) is 0 Å². The lowest BCUT2D eigenvalue weighted by Gasteiger charge is -2.38. The minimum absolute atomic E-state index is 0.0142. The second-order valence-corrected chi connectivity index (χ2v) is 8.87. The van der Waals surface area contributed by atoms with E-state index in [-0.39, 0.29) is 29.2 Å². The molecule has 4 heteroatoms. The molecule has 4 nitrogen and oxygen atoms in total. The van der Waals surface area contributed by atoms with Crippen LogP contribution < -0.4 is 5.32 Å². The number of carbonyl (C=O) groups excluding carboxylic acids is 2. The third-order valence-corrected chi connectivity index (χ3v) is 6.01. The Morgan fingerprint density at radius 2 is 1.92 bits per heavy atom. The second kappa shape index (κ2) is 6.97. The van der Waals surface area contributed by atoms with Gasteiger partial charge in [-0.2, -0.15) is 0 Å². The van der Waals surface area contributed by atoms with Crippen molar-refractivity contribution >= 4 is 11.8 Å². The maximum absolute atomic E-state index is 13.0. The first-order valence-corrected chi connectivity index (χ1v) is 9.82. The molecule has 2 amide bonds. The fourth-order valence-electron chi connectivity index (χ4n) is 4.51. The molecule has 3 rings (SSSR count). The molecule has 3 aliphatic rings. The predicted octanol–water partition coefficient (Wildman–Crippen LogP) is 3.58. The average molecular weight is 344 g/mol. The Morgan fingerprint density at radius 3 is 2.56 bits per heavy atom. The summed E-state index contributed by atoms with van der Waals surface area (Å²) < 4.78 is 0. The number of hydrogen-bond donors (Lipinski definition) is 1. The lowest BCUT2D eigenvalue weighted by Crippen LogP contribution is -2.55. The summed E-state index contributed by atoms with van der Waals surface area (Å²) in [6.07, 6.45) is 10.7. The first-order valence-electron chi connectivity index (χ1n) is 9.82. The first-order chi connectivity index (χ1) is 11.8. The number of nitrogens with one attached hydrogen (secondary N) is 1. The molecule has 0 aromatic carbocycles. The van der Waals surface area contributed by atoms with Gasteiger partial charge >= 0.3 is 0 Å². The van der Waals surface area contributed by atoms with Crippen molar-refractivity contribution in [3.05, 3.63) is 23.3 Å². The summed E-state index contributed by atoms with van der Waals surface area (Å²) in [5.41, 5.74) is 2.42. The third kappa shape index (κ3) is 3.68. The van der Waals surface area contributed by atoms with Crippen LogP contribution in [0.1, 0.15) is 66.2 Å². The number of rotatable bonds is 4. The predicted molar refractivity (Wildman–Crippen MR) is 99.9 cm³/mol. The van der Waals surface area contributed by atoms with Crippen molar-refractivity contribution < 1.29 is 9.59 Å². The Labute approximate surface area is 151 Å². The number of allylic oxidation sites excluding steroid dienone is 1. The summed E-state index contributed by atoms with van der Waals surface area (Å²) in [4.78, 5) is 27.6. The lowest BCUT2D eigenvalue weighted by molar-refractivity contribution is -0.139. The highest BCUT2D eigenvalue weighted by molar-refractivity contribution is 5.96. The Kier molecular flexibility index (Phi) is 5.08. The Morgan fingerprint density at radius 1 is 1.24 bits per heavy atom. The van der Waals surface area contributed by atoms with Gasteiger partial charge in [0.2, 0.25) is 11.8 Å². The standard InChI is InChI=1S/C21H32N2O2/c1-14(2)19(20(25)22-16-8-6-5-7-9-16)23-13-15-10-11-21(3,4)17(15)12-18(23)24/h10,12,14,16,19H,5-9,11,13H2,1-4H3,(H,22,25). The van der Waals surface area contributed by atoms with Crippen LogP contribution >= 0.6 is 0 Å². The van der Waals surface area contributed by atoms with E-state index in [4.69, 9.17) is 0 Å². The third-order valence-electron chi connectivity index (χ3n) is 6.01. The molecule has 1 aliphatic heterocycles. The summed E-state index contributed by atoms with van der Waals surface area (Å²) >= 11 is 0. The first kappa shape index (κ1) is 18.2. The maximum atomic E-state index is 13.0. The fourth-order valence-corrected chi connectivity index (χ4v) is 4.51. The summed E-state index contributed by atoms with van der Waals surface area (Å²) in [7, 11) is 0. The van der Waals surface area contributed by atoms with Crippen molar-refractivity contribution in [3.8, 4) is 0 Å². The van der Waals surface area contributed by atoms with Crippen LogP contribution in [-0.4, -0.2) is 35.3 Å². The number of nitrogens with zero attached hydrogens (tertiary/aromatic N) is 1. The summed E-state index contributed by atoms with van der Waals surface area (Å²) in [5.74, 6) is 0.0991. The molecular weight excluding hydrogens is 312 g/mol. The zero-order chi connectivity index (χ0) is 18.2. The second-order valence-electron chi connectivity index (χ2n) is 8.87. The maximum Gasteiger partial charge on any atom is 0.247 e. The van der Waals surface area contributed by atoms with Gasteiger partial charge in [0.15, 0.2) is 0 Å². The fraction of sp³-hybridized carbons (Fsp3) is 0.714. The van der Waals surface area contributed by atoms with Crippen LogP contribution in [0.3, 0.4) is 0 Å². The number of fused-ring (bicyclic) bond motifs is 1. The molecule has 138 valence electrons. The smallest absolute Gasteiger partial charge is 0.247 e. The van der Waals surface area contributed by atoms with E-state index in [1.54, 1.807) is 11.0 Å². The molecule has 2 aliphatic carbocycles. The van der Waals surface area contributed by atoms with Gasteiger partial charge in [0, 0.05) is 18.7 Å². The van der Waals surface area contributed by atoms with E-state index in [0.29, 0.717) is 6.54 Å². The molecule has 0 spiro atoms. The molecular formula is C21H32N2O2. The lowest BCUT2D eigenvalue weighted by atomic mass is 9.82. The molecule has 1 fully saturated rings. The average Bonchev–Trinajstić information content (AvgIpc) is 2.83. The molecule has 0 radical (unpaired) electrons. The molecule has 1 saturated carbocycles. The van der Waals surface area contributed by atoms with Crippen molar-refractivity contribution in [1.29, 1.82) is 0 Å². The van der Waals surface area contributed by atoms with E-state index in [9.17, 15) is 9.59 Å².